The molecule has 0 radical (unpaired) electrons. The molecular formula is C21H21N2+. The maximum absolute atomic E-state index is 4.66. The van der Waals surface area contributed by atoms with Gasteiger partial charge in [-0.15, -0.1) is 0 Å². The number of hydrogen-bond donors (Lipinski definition) is 1. The van der Waals surface area contributed by atoms with E-state index in [-0.39, 0.29) is 0 Å². The van der Waals surface area contributed by atoms with Gasteiger partial charge in [-0.2, -0.15) is 0 Å². The van der Waals surface area contributed by atoms with Crippen LogP contribution in [0.15, 0.2) is 72.9 Å². The number of benzene rings is 2. The zero-order valence-corrected chi connectivity index (χ0v) is 13.4. The van der Waals surface area contributed by atoms with E-state index in [0.29, 0.717) is 6.04 Å². The van der Waals surface area contributed by atoms with E-state index in [2.05, 4.69) is 78.6 Å². The van der Waals surface area contributed by atoms with Crippen molar-refractivity contribution in [2.75, 3.05) is 0 Å². The average Bonchev–Trinajstić information content (AvgIpc) is 2.99. The summed E-state index contributed by atoms with van der Waals surface area (Å²) in [4.78, 5) is 6.21. The molecule has 1 unspecified atom stereocenters. The molecule has 2 heterocycles. The lowest BCUT2D eigenvalue weighted by molar-refractivity contribution is -0.946. The first-order chi connectivity index (χ1) is 11.3. The molecule has 0 bridgehead atoms. The minimum atomic E-state index is 0.354. The summed E-state index contributed by atoms with van der Waals surface area (Å²) in [5.74, 6) is 0. The van der Waals surface area contributed by atoms with Gasteiger partial charge in [0, 0.05) is 22.9 Å². The summed E-state index contributed by atoms with van der Waals surface area (Å²) in [6.07, 6.45) is 1.99. The van der Waals surface area contributed by atoms with Crippen molar-refractivity contribution in [2.45, 2.75) is 26.1 Å². The maximum atomic E-state index is 4.66. The Morgan fingerprint density at radius 3 is 2.09 bits per heavy atom. The van der Waals surface area contributed by atoms with E-state index in [9.17, 15) is 0 Å². The van der Waals surface area contributed by atoms with Crippen molar-refractivity contribution in [3.05, 3.63) is 101 Å². The summed E-state index contributed by atoms with van der Waals surface area (Å²) in [5.41, 5.74) is 6.65. The Bertz CT molecular complexity index is 757. The van der Waals surface area contributed by atoms with Crippen LogP contribution in [0.3, 0.4) is 0 Å². The molecule has 1 aliphatic heterocycles. The quantitative estimate of drug-likeness (QED) is 0.787. The fraction of sp³-hybridized carbons (Fsp3) is 0.190. The molecule has 114 valence electrons. The van der Waals surface area contributed by atoms with E-state index in [1.807, 2.05) is 6.20 Å². The third-order valence-electron chi connectivity index (χ3n) is 4.68. The predicted octanol–water partition coefficient (Wildman–Crippen LogP) is 3.08. The van der Waals surface area contributed by atoms with Crippen LogP contribution in [0, 0.1) is 6.92 Å². The minimum Gasteiger partial charge on any atom is -0.316 e. The molecule has 2 aromatic carbocycles. The van der Waals surface area contributed by atoms with Crippen molar-refractivity contribution in [3.8, 4) is 0 Å². The van der Waals surface area contributed by atoms with Gasteiger partial charge in [-0.25, -0.2) is 0 Å². The van der Waals surface area contributed by atoms with Crippen LogP contribution in [0.1, 0.15) is 34.0 Å². The summed E-state index contributed by atoms with van der Waals surface area (Å²) in [7, 11) is 0. The molecular weight excluding hydrogens is 280 g/mol. The first-order valence-corrected chi connectivity index (χ1v) is 8.20. The molecule has 0 spiro atoms. The van der Waals surface area contributed by atoms with Crippen LogP contribution in [0.2, 0.25) is 0 Å². The van der Waals surface area contributed by atoms with E-state index in [1.165, 1.54) is 27.9 Å². The number of pyridine rings is 1. The summed E-state index contributed by atoms with van der Waals surface area (Å²) in [5, 5.41) is 0. The van der Waals surface area contributed by atoms with E-state index < -0.39 is 0 Å². The molecule has 2 nitrogen and oxygen atoms in total. The Balaban J connectivity index is 1.73. The Morgan fingerprint density at radius 2 is 1.48 bits per heavy atom. The van der Waals surface area contributed by atoms with Crippen molar-refractivity contribution in [1.29, 1.82) is 0 Å². The second-order valence-electron chi connectivity index (χ2n) is 6.38. The lowest BCUT2D eigenvalue weighted by Crippen LogP contribution is -3.08. The SMILES string of the molecule is Cc1cnc2c(c1)C[NH+](C(c1ccccc1)c1ccccc1)C2. The molecule has 0 saturated carbocycles. The third kappa shape index (κ3) is 2.78. The van der Waals surface area contributed by atoms with E-state index in [1.54, 1.807) is 4.90 Å². The number of nitrogens with zero attached hydrogens (tertiary/aromatic N) is 1. The van der Waals surface area contributed by atoms with Crippen molar-refractivity contribution < 1.29 is 4.90 Å². The Hall–Kier alpha value is -2.45. The highest BCUT2D eigenvalue weighted by Gasteiger charge is 2.32. The fourth-order valence-corrected chi connectivity index (χ4v) is 3.65. The van der Waals surface area contributed by atoms with Crippen LogP contribution in [0.25, 0.3) is 0 Å². The van der Waals surface area contributed by atoms with Crippen molar-refractivity contribution >= 4 is 0 Å². The number of aromatic nitrogens is 1. The number of aryl methyl sites for hydroxylation is 1. The number of quaternary nitrogens is 1. The molecule has 4 rings (SSSR count). The highest BCUT2D eigenvalue weighted by molar-refractivity contribution is 5.31. The van der Waals surface area contributed by atoms with Crippen LogP contribution >= 0.6 is 0 Å². The molecule has 2 heteroatoms. The van der Waals surface area contributed by atoms with Gasteiger partial charge in [0.2, 0.25) is 0 Å². The first-order valence-electron chi connectivity index (χ1n) is 8.20. The average molecular weight is 301 g/mol. The largest absolute Gasteiger partial charge is 0.316 e. The summed E-state index contributed by atoms with van der Waals surface area (Å²) in [6, 6.07) is 24.3. The van der Waals surface area contributed by atoms with Crippen LogP contribution < -0.4 is 4.90 Å². The predicted molar refractivity (Wildman–Crippen MR) is 92.1 cm³/mol. The molecule has 0 amide bonds. The van der Waals surface area contributed by atoms with Crippen LogP contribution in [0.4, 0.5) is 0 Å². The molecule has 1 aromatic heterocycles. The number of fused-ring (bicyclic) bond motifs is 1. The molecule has 1 N–H and O–H groups in total. The Kier molecular flexibility index (Phi) is 3.68. The highest BCUT2D eigenvalue weighted by Crippen LogP contribution is 2.22. The van der Waals surface area contributed by atoms with Gasteiger partial charge in [0.25, 0.3) is 0 Å². The highest BCUT2D eigenvalue weighted by atomic mass is 15.2. The molecule has 1 atom stereocenters. The molecule has 23 heavy (non-hydrogen) atoms. The number of hydrogen-bond acceptors (Lipinski definition) is 1. The lowest BCUT2D eigenvalue weighted by Gasteiger charge is -2.25. The fourth-order valence-electron chi connectivity index (χ4n) is 3.65. The third-order valence-corrected chi connectivity index (χ3v) is 4.68. The lowest BCUT2D eigenvalue weighted by atomic mass is 9.97. The van der Waals surface area contributed by atoms with Crippen LogP contribution in [-0.2, 0) is 13.1 Å². The number of nitrogens with one attached hydrogen (secondary N) is 1. The summed E-state index contributed by atoms with van der Waals surface area (Å²) < 4.78 is 0. The topological polar surface area (TPSA) is 17.3 Å². The van der Waals surface area contributed by atoms with E-state index >= 15 is 0 Å². The second kappa shape index (κ2) is 5.98. The molecule has 1 aliphatic rings. The van der Waals surface area contributed by atoms with Crippen molar-refractivity contribution in [3.63, 3.8) is 0 Å². The Labute approximate surface area is 137 Å². The smallest absolute Gasteiger partial charge is 0.139 e. The van der Waals surface area contributed by atoms with Gasteiger partial charge in [0.05, 0.1) is 0 Å². The van der Waals surface area contributed by atoms with Crippen molar-refractivity contribution in [2.24, 2.45) is 0 Å². The van der Waals surface area contributed by atoms with Crippen LogP contribution in [0.5, 0.6) is 0 Å². The zero-order valence-electron chi connectivity index (χ0n) is 13.4. The minimum absolute atomic E-state index is 0.354. The van der Waals surface area contributed by atoms with Gasteiger partial charge in [0.15, 0.2) is 0 Å². The van der Waals surface area contributed by atoms with Gasteiger partial charge < -0.3 is 4.90 Å². The summed E-state index contributed by atoms with van der Waals surface area (Å²) in [6.45, 7) is 4.15. The van der Waals surface area contributed by atoms with E-state index in [0.717, 1.165) is 13.1 Å². The normalized spacial score (nSPS) is 16.5. The van der Waals surface area contributed by atoms with Crippen molar-refractivity contribution in [1.82, 2.24) is 4.98 Å². The second-order valence-corrected chi connectivity index (χ2v) is 6.38. The molecule has 0 aliphatic carbocycles. The van der Waals surface area contributed by atoms with Gasteiger partial charge in [-0.3, -0.25) is 4.98 Å². The van der Waals surface area contributed by atoms with Gasteiger partial charge in [-0.05, 0) is 18.6 Å². The van der Waals surface area contributed by atoms with Gasteiger partial charge >= 0.3 is 0 Å². The molecule has 0 saturated heterocycles. The van der Waals surface area contributed by atoms with E-state index in [4.69, 9.17) is 0 Å². The molecule has 3 aromatic rings. The standard InChI is InChI=1S/C21H20N2/c1-16-12-19-14-23(15-20(19)22-13-16)21(17-8-4-2-5-9-17)18-10-6-3-7-11-18/h2-13,21H,14-15H2,1H3/p+1. The monoisotopic (exact) mass is 301 g/mol. The first kappa shape index (κ1) is 14.2. The molecule has 0 fully saturated rings. The number of rotatable bonds is 3. The zero-order chi connectivity index (χ0) is 15.6. The Morgan fingerprint density at radius 1 is 0.870 bits per heavy atom. The summed E-state index contributed by atoms with van der Waals surface area (Å²) >= 11 is 0. The van der Waals surface area contributed by atoms with Crippen LogP contribution in [-0.4, -0.2) is 4.98 Å². The van der Waals surface area contributed by atoms with Gasteiger partial charge in [-0.1, -0.05) is 60.7 Å². The maximum Gasteiger partial charge on any atom is 0.139 e. The van der Waals surface area contributed by atoms with Gasteiger partial charge in [0.1, 0.15) is 24.8 Å².